The molecule has 23 heavy (non-hydrogen) atoms. The SMILES string of the molecule is Cl.O=C(O)CNC(=O)CNC1(c2ccc(Br)cc2)CCOCC1. The van der Waals surface area contributed by atoms with Crippen molar-refractivity contribution in [2.45, 2.75) is 18.4 Å². The first kappa shape index (κ1) is 19.9. The van der Waals surface area contributed by atoms with E-state index in [0.29, 0.717) is 13.2 Å². The van der Waals surface area contributed by atoms with Crippen LogP contribution in [-0.2, 0) is 19.9 Å². The summed E-state index contributed by atoms with van der Waals surface area (Å²) >= 11 is 3.42. The summed E-state index contributed by atoms with van der Waals surface area (Å²) in [4.78, 5) is 22.2. The van der Waals surface area contributed by atoms with Crippen LogP contribution in [0.15, 0.2) is 28.7 Å². The van der Waals surface area contributed by atoms with Crippen LogP contribution in [0, 0.1) is 0 Å². The quantitative estimate of drug-likeness (QED) is 0.668. The number of carboxylic acids is 1. The maximum Gasteiger partial charge on any atom is 0.322 e. The highest BCUT2D eigenvalue weighted by Crippen LogP contribution is 2.32. The van der Waals surface area contributed by atoms with Gasteiger partial charge in [-0.15, -0.1) is 12.4 Å². The topological polar surface area (TPSA) is 87.7 Å². The van der Waals surface area contributed by atoms with Crippen LogP contribution in [0.5, 0.6) is 0 Å². The lowest BCUT2D eigenvalue weighted by Crippen LogP contribution is -2.50. The van der Waals surface area contributed by atoms with Crippen molar-refractivity contribution in [1.82, 2.24) is 10.6 Å². The second-order valence-corrected chi connectivity index (χ2v) is 6.14. The zero-order valence-electron chi connectivity index (χ0n) is 12.5. The molecule has 0 atom stereocenters. The Kier molecular flexibility index (Phi) is 7.98. The number of ether oxygens (including phenoxy) is 1. The summed E-state index contributed by atoms with van der Waals surface area (Å²) in [6, 6.07) is 7.99. The van der Waals surface area contributed by atoms with E-state index in [0.717, 1.165) is 22.9 Å². The fourth-order valence-corrected chi connectivity index (χ4v) is 2.81. The van der Waals surface area contributed by atoms with Gasteiger partial charge in [-0.05, 0) is 30.5 Å². The first-order valence-electron chi connectivity index (χ1n) is 7.09. The molecule has 0 spiro atoms. The van der Waals surface area contributed by atoms with Gasteiger partial charge in [-0.2, -0.15) is 0 Å². The number of nitrogens with one attached hydrogen (secondary N) is 2. The van der Waals surface area contributed by atoms with Gasteiger partial charge in [0.1, 0.15) is 6.54 Å². The maximum absolute atomic E-state index is 11.7. The Hall–Kier alpha value is -1.15. The molecule has 0 unspecified atom stereocenters. The maximum atomic E-state index is 11.7. The van der Waals surface area contributed by atoms with Crippen molar-refractivity contribution in [2.75, 3.05) is 26.3 Å². The highest BCUT2D eigenvalue weighted by atomic mass is 79.9. The lowest BCUT2D eigenvalue weighted by molar-refractivity contribution is -0.137. The highest BCUT2D eigenvalue weighted by Gasteiger charge is 2.34. The molecule has 128 valence electrons. The van der Waals surface area contributed by atoms with Crippen molar-refractivity contribution in [3.05, 3.63) is 34.3 Å². The summed E-state index contributed by atoms with van der Waals surface area (Å²) in [6.07, 6.45) is 1.53. The minimum atomic E-state index is -1.05. The van der Waals surface area contributed by atoms with Gasteiger partial charge in [-0.25, -0.2) is 0 Å². The number of aliphatic carboxylic acids is 1. The number of carbonyl (C=O) groups is 2. The van der Waals surface area contributed by atoms with E-state index in [9.17, 15) is 9.59 Å². The van der Waals surface area contributed by atoms with Crippen LogP contribution in [0.25, 0.3) is 0 Å². The molecule has 3 N–H and O–H groups in total. The van der Waals surface area contributed by atoms with Crippen molar-refractivity contribution >= 4 is 40.2 Å². The van der Waals surface area contributed by atoms with E-state index in [1.807, 2.05) is 24.3 Å². The van der Waals surface area contributed by atoms with E-state index >= 15 is 0 Å². The zero-order valence-corrected chi connectivity index (χ0v) is 14.9. The molecule has 0 bridgehead atoms. The Balaban J connectivity index is 0.00000264. The first-order chi connectivity index (χ1) is 10.5. The number of hydrogen-bond acceptors (Lipinski definition) is 4. The molecule has 0 radical (unpaired) electrons. The summed E-state index contributed by atoms with van der Waals surface area (Å²) in [5.41, 5.74) is 0.782. The molecular weight excluding hydrogens is 388 g/mol. The van der Waals surface area contributed by atoms with Crippen molar-refractivity contribution in [1.29, 1.82) is 0 Å². The van der Waals surface area contributed by atoms with Crippen LogP contribution < -0.4 is 10.6 Å². The summed E-state index contributed by atoms with van der Waals surface area (Å²) in [5.74, 6) is -1.38. The monoisotopic (exact) mass is 406 g/mol. The van der Waals surface area contributed by atoms with E-state index in [1.165, 1.54) is 0 Å². The van der Waals surface area contributed by atoms with E-state index in [-0.39, 0.29) is 36.9 Å². The third-order valence-corrected chi connectivity index (χ3v) is 4.30. The van der Waals surface area contributed by atoms with Crippen LogP contribution >= 0.6 is 28.3 Å². The van der Waals surface area contributed by atoms with Crippen LogP contribution in [0.1, 0.15) is 18.4 Å². The van der Waals surface area contributed by atoms with E-state index in [2.05, 4.69) is 26.6 Å². The molecule has 1 amide bonds. The minimum absolute atomic E-state index is 0. The summed E-state index contributed by atoms with van der Waals surface area (Å²) in [7, 11) is 0. The molecule has 2 rings (SSSR count). The van der Waals surface area contributed by atoms with Gasteiger partial charge in [-0.3, -0.25) is 14.9 Å². The number of carbonyl (C=O) groups excluding carboxylic acids is 1. The third kappa shape index (κ3) is 5.76. The fourth-order valence-electron chi connectivity index (χ4n) is 2.54. The average molecular weight is 408 g/mol. The molecule has 0 aliphatic carbocycles. The van der Waals surface area contributed by atoms with Gasteiger partial charge in [0.15, 0.2) is 0 Å². The standard InChI is InChI=1S/C15H19BrN2O4.ClH/c16-12-3-1-11(2-4-12)15(5-7-22-8-6-15)18-9-13(19)17-10-14(20)21;/h1-4,18H,5-10H2,(H,17,19)(H,20,21);1H. The Morgan fingerprint density at radius 1 is 1.17 bits per heavy atom. The molecular formula is C15H20BrClN2O4. The molecule has 1 aliphatic rings. The molecule has 1 aromatic rings. The summed E-state index contributed by atoms with van der Waals surface area (Å²) in [6.45, 7) is 0.956. The largest absolute Gasteiger partial charge is 0.480 e. The number of rotatable bonds is 6. The van der Waals surface area contributed by atoms with Gasteiger partial charge in [0.25, 0.3) is 0 Å². The Labute approximate surface area is 149 Å². The highest BCUT2D eigenvalue weighted by molar-refractivity contribution is 9.10. The van der Waals surface area contributed by atoms with Crippen molar-refractivity contribution < 1.29 is 19.4 Å². The van der Waals surface area contributed by atoms with Crippen molar-refractivity contribution in [2.24, 2.45) is 0 Å². The molecule has 1 fully saturated rings. The van der Waals surface area contributed by atoms with Crippen molar-refractivity contribution in [3.63, 3.8) is 0 Å². The number of halogens is 2. The normalized spacial score (nSPS) is 16.2. The van der Waals surface area contributed by atoms with E-state index < -0.39 is 5.97 Å². The number of carboxylic acid groups (broad SMARTS) is 1. The molecule has 1 aromatic carbocycles. The van der Waals surface area contributed by atoms with Gasteiger partial charge in [0.2, 0.25) is 5.91 Å². The number of amides is 1. The number of hydrogen-bond donors (Lipinski definition) is 3. The molecule has 0 aromatic heterocycles. The lowest BCUT2D eigenvalue weighted by atomic mass is 9.82. The minimum Gasteiger partial charge on any atom is -0.480 e. The second-order valence-electron chi connectivity index (χ2n) is 5.23. The van der Waals surface area contributed by atoms with Crippen LogP contribution in [-0.4, -0.2) is 43.3 Å². The lowest BCUT2D eigenvalue weighted by Gasteiger charge is -2.38. The smallest absolute Gasteiger partial charge is 0.322 e. The predicted octanol–water partition coefficient (Wildman–Crippen LogP) is 1.67. The predicted molar refractivity (Wildman–Crippen MR) is 91.8 cm³/mol. The average Bonchev–Trinajstić information content (AvgIpc) is 2.52. The van der Waals surface area contributed by atoms with Gasteiger partial charge in [-0.1, -0.05) is 28.1 Å². The molecule has 1 aliphatic heterocycles. The number of benzene rings is 1. The Bertz CT molecular complexity index is 533. The van der Waals surface area contributed by atoms with Crippen molar-refractivity contribution in [3.8, 4) is 0 Å². The van der Waals surface area contributed by atoms with Crippen LogP contribution in [0.3, 0.4) is 0 Å². The molecule has 6 nitrogen and oxygen atoms in total. The van der Waals surface area contributed by atoms with Gasteiger partial charge in [0, 0.05) is 23.2 Å². The first-order valence-corrected chi connectivity index (χ1v) is 7.88. The third-order valence-electron chi connectivity index (χ3n) is 3.77. The second kappa shape index (κ2) is 9.22. The fraction of sp³-hybridized carbons (Fsp3) is 0.467. The van der Waals surface area contributed by atoms with E-state index in [1.54, 1.807) is 0 Å². The van der Waals surface area contributed by atoms with E-state index in [4.69, 9.17) is 9.84 Å². The van der Waals surface area contributed by atoms with Gasteiger partial charge in [0.05, 0.1) is 6.54 Å². The Morgan fingerprint density at radius 2 is 1.78 bits per heavy atom. The molecule has 0 saturated carbocycles. The summed E-state index contributed by atoms with van der Waals surface area (Å²) in [5, 5.41) is 14.2. The zero-order chi connectivity index (χ0) is 16.0. The Morgan fingerprint density at radius 3 is 2.35 bits per heavy atom. The van der Waals surface area contributed by atoms with Gasteiger partial charge < -0.3 is 15.2 Å². The molecule has 8 heteroatoms. The van der Waals surface area contributed by atoms with Crippen LogP contribution in [0.2, 0.25) is 0 Å². The molecule has 1 heterocycles. The summed E-state index contributed by atoms with van der Waals surface area (Å²) < 4.78 is 6.43. The molecule has 1 saturated heterocycles. The van der Waals surface area contributed by atoms with Gasteiger partial charge >= 0.3 is 5.97 Å². The van der Waals surface area contributed by atoms with Crippen LogP contribution in [0.4, 0.5) is 0 Å².